The first-order valence-corrected chi connectivity index (χ1v) is 6.52. The van der Waals surface area contributed by atoms with E-state index in [9.17, 15) is 18.9 Å². The molecule has 1 fully saturated rings. The molecule has 2 N–H and O–H groups in total. The maximum atomic E-state index is 12.8. The van der Waals surface area contributed by atoms with E-state index in [0.29, 0.717) is 6.61 Å². The molecule has 114 valence electrons. The number of halogens is 2. The Morgan fingerprint density at radius 2 is 2.24 bits per heavy atom. The van der Waals surface area contributed by atoms with Crippen LogP contribution < -0.4 is 5.32 Å². The fourth-order valence-corrected chi connectivity index (χ4v) is 2.14. The normalized spacial score (nSPS) is 18.5. The highest BCUT2D eigenvalue weighted by molar-refractivity contribution is 6.05. The van der Waals surface area contributed by atoms with Gasteiger partial charge in [0.05, 0.1) is 4.92 Å². The summed E-state index contributed by atoms with van der Waals surface area (Å²) in [5, 5.41) is 21.1. The van der Waals surface area contributed by atoms with E-state index < -0.39 is 17.1 Å². The number of anilines is 1. The Morgan fingerprint density at radius 3 is 2.81 bits per heavy atom. The SMILES string of the molecule is N=C(c1cc([N+](=O)[O-])ccc1NC1CCCCO1)C(F)F. The Kier molecular flexibility index (Phi) is 4.79. The molecule has 0 amide bonds. The highest BCUT2D eigenvalue weighted by Crippen LogP contribution is 2.26. The molecular weight excluding hydrogens is 284 g/mol. The molecule has 0 aliphatic carbocycles. The van der Waals surface area contributed by atoms with Crippen molar-refractivity contribution < 1.29 is 18.4 Å². The number of hydrogen-bond acceptors (Lipinski definition) is 5. The fraction of sp³-hybridized carbons (Fsp3) is 0.462. The van der Waals surface area contributed by atoms with Gasteiger partial charge in [-0.1, -0.05) is 0 Å². The monoisotopic (exact) mass is 299 g/mol. The molecule has 1 aliphatic rings. The maximum Gasteiger partial charge on any atom is 0.280 e. The molecule has 6 nitrogen and oxygen atoms in total. The van der Waals surface area contributed by atoms with Crippen LogP contribution in [0.25, 0.3) is 0 Å². The molecule has 1 aromatic rings. The summed E-state index contributed by atoms with van der Waals surface area (Å²) in [7, 11) is 0. The van der Waals surface area contributed by atoms with Gasteiger partial charge in [-0.3, -0.25) is 15.5 Å². The van der Waals surface area contributed by atoms with Crippen molar-refractivity contribution in [2.45, 2.75) is 31.9 Å². The summed E-state index contributed by atoms with van der Waals surface area (Å²) in [6, 6.07) is 3.54. The van der Waals surface area contributed by atoms with E-state index in [-0.39, 0.29) is 23.2 Å². The summed E-state index contributed by atoms with van der Waals surface area (Å²) in [5.74, 6) is 0. The van der Waals surface area contributed by atoms with Crippen molar-refractivity contribution in [3.63, 3.8) is 0 Å². The van der Waals surface area contributed by atoms with Crippen molar-refractivity contribution in [1.29, 1.82) is 5.41 Å². The van der Waals surface area contributed by atoms with Crippen LogP contribution in [0.15, 0.2) is 18.2 Å². The van der Waals surface area contributed by atoms with Gasteiger partial charge >= 0.3 is 0 Å². The Bertz CT molecular complexity index is 545. The molecule has 21 heavy (non-hydrogen) atoms. The smallest absolute Gasteiger partial charge is 0.280 e. The molecule has 1 atom stereocenters. The van der Waals surface area contributed by atoms with Crippen molar-refractivity contribution in [3.8, 4) is 0 Å². The predicted molar refractivity (Wildman–Crippen MR) is 73.1 cm³/mol. The van der Waals surface area contributed by atoms with Crippen LogP contribution in [-0.2, 0) is 4.74 Å². The topological polar surface area (TPSA) is 88.2 Å². The van der Waals surface area contributed by atoms with Gasteiger partial charge in [0.25, 0.3) is 12.1 Å². The van der Waals surface area contributed by atoms with Crippen molar-refractivity contribution in [2.24, 2.45) is 0 Å². The molecule has 0 aromatic heterocycles. The minimum Gasteiger partial charge on any atom is -0.360 e. The average molecular weight is 299 g/mol. The van der Waals surface area contributed by atoms with Crippen molar-refractivity contribution in [1.82, 2.24) is 0 Å². The quantitative estimate of drug-likeness (QED) is 0.496. The Balaban J connectivity index is 2.29. The number of nitro groups is 1. The van der Waals surface area contributed by atoms with Crippen LogP contribution in [0.1, 0.15) is 24.8 Å². The maximum absolute atomic E-state index is 12.8. The molecule has 1 saturated heterocycles. The lowest BCUT2D eigenvalue weighted by Gasteiger charge is -2.25. The second kappa shape index (κ2) is 6.57. The first-order valence-electron chi connectivity index (χ1n) is 6.52. The van der Waals surface area contributed by atoms with Gasteiger partial charge in [-0.15, -0.1) is 0 Å². The van der Waals surface area contributed by atoms with Gasteiger partial charge in [0, 0.05) is 30.0 Å². The second-order valence-corrected chi connectivity index (χ2v) is 4.70. The van der Waals surface area contributed by atoms with Crippen LogP contribution in [0.5, 0.6) is 0 Å². The molecule has 1 heterocycles. The third-order valence-electron chi connectivity index (χ3n) is 3.22. The number of rotatable bonds is 5. The van der Waals surface area contributed by atoms with Crippen molar-refractivity contribution >= 4 is 17.1 Å². The van der Waals surface area contributed by atoms with Crippen LogP contribution in [0.4, 0.5) is 20.2 Å². The summed E-state index contributed by atoms with van der Waals surface area (Å²) < 4.78 is 31.0. The minimum absolute atomic E-state index is 0.173. The summed E-state index contributed by atoms with van der Waals surface area (Å²) >= 11 is 0. The van der Waals surface area contributed by atoms with Gasteiger partial charge in [-0.25, -0.2) is 8.78 Å². The number of nitrogens with one attached hydrogen (secondary N) is 2. The first kappa shape index (κ1) is 15.3. The van der Waals surface area contributed by atoms with Gasteiger partial charge in [0.1, 0.15) is 11.9 Å². The molecule has 1 aliphatic heterocycles. The summed E-state index contributed by atoms with van der Waals surface area (Å²) in [5.41, 5.74) is -1.20. The predicted octanol–water partition coefficient (Wildman–Crippen LogP) is 3.17. The summed E-state index contributed by atoms with van der Waals surface area (Å²) in [6.07, 6.45) is -0.715. The zero-order valence-corrected chi connectivity index (χ0v) is 11.1. The molecular formula is C13H15F2N3O3. The van der Waals surface area contributed by atoms with Crippen LogP contribution >= 0.6 is 0 Å². The molecule has 8 heteroatoms. The number of ether oxygens (including phenoxy) is 1. The van der Waals surface area contributed by atoms with E-state index in [1.807, 2.05) is 0 Å². The number of hydrogen-bond donors (Lipinski definition) is 2. The van der Waals surface area contributed by atoms with Crippen LogP contribution in [-0.4, -0.2) is 29.9 Å². The Morgan fingerprint density at radius 1 is 1.48 bits per heavy atom. The van der Waals surface area contributed by atoms with E-state index in [2.05, 4.69) is 5.32 Å². The molecule has 1 aromatic carbocycles. The lowest BCUT2D eigenvalue weighted by Crippen LogP contribution is -2.28. The molecule has 0 bridgehead atoms. The van der Waals surface area contributed by atoms with Crippen molar-refractivity contribution in [2.75, 3.05) is 11.9 Å². The molecule has 2 rings (SSSR count). The van der Waals surface area contributed by atoms with Crippen LogP contribution in [0.3, 0.4) is 0 Å². The molecule has 0 radical (unpaired) electrons. The average Bonchev–Trinajstić information content (AvgIpc) is 2.47. The third-order valence-corrected chi connectivity index (χ3v) is 3.22. The highest BCUT2D eigenvalue weighted by atomic mass is 19.3. The lowest BCUT2D eigenvalue weighted by molar-refractivity contribution is -0.384. The zero-order valence-electron chi connectivity index (χ0n) is 11.1. The van der Waals surface area contributed by atoms with E-state index in [0.717, 1.165) is 25.3 Å². The highest BCUT2D eigenvalue weighted by Gasteiger charge is 2.22. The van der Waals surface area contributed by atoms with Crippen LogP contribution in [0.2, 0.25) is 0 Å². The lowest BCUT2D eigenvalue weighted by atomic mass is 10.1. The summed E-state index contributed by atoms with van der Waals surface area (Å²) in [6.45, 7) is 0.576. The van der Waals surface area contributed by atoms with Gasteiger partial charge in [0.2, 0.25) is 0 Å². The van der Waals surface area contributed by atoms with E-state index in [1.54, 1.807) is 0 Å². The number of nitrogens with zero attached hydrogens (tertiary/aromatic N) is 1. The Labute approximate surface area is 119 Å². The summed E-state index contributed by atoms with van der Waals surface area (Å²) in [4.78, 5) is 10.1. The van der Waals surface area contributed by atoms with Gasteiger partial charge in [-0.2, -0.15) is 0 Å². The fourth-order valence-electron chi connectivity index (χ4n) is 2.14. The van der Waals surface area contributed by atoms with Crippen LogP contribution in [0, 0.1) is 15.5 Å². The number of benzene rings is 1. The minimum atomic E-state index is -3.00. The van der Waals surface area contributed by atoms with E-state index >= 15 is 0 Å². The van der Waals surface area contributed by atoms with Gasteiger partial charge in [-0.05, 0) is 25.3 Å². The van der Waals surface area contributed by atoms with Crippen molar-refractivity contribution in [3.05, 3.63) is 33.9 Å². The van der Waals surface area contributed by atoms with E-state index in [1.165, 1.54) is 12.1 Å². The first-order chi connectivity index (χ1) is 9.99. The Hall–Kier alpha value is -2.09. The number of nitro benzene ring substituents is 1. The standard InChI is InChI=1S/C13H15F2N3O3/c14-13(15)12(16)9-7-8(18(19)20)4-5-10(9)17-11-3-1-2-6-21-11/h4-5,7,11,13,16-17H,1-3,6H2. The van der Waals surface area contributed by atoms with E-state index in [4.69, 9.17) is 10.1 Å². The molecule has 0 saturated carbocycles. The second-order valence-electron chi connectivity index (χ2n) is 4.70. The molecule has 1 unspecified atom stereocenters. The number of alkyl halides is 2. The zero-order chi connectivity index (χ0) is 15.4. The van der Waals surface area contributed by atoms with Gasteiger partial charge < -0.3 is 10.1 Å². The largest absolute Gasteiger partial charge is 0.360 e. The van der Waals surface area contributed by atoms with Gasteiger partial charge in [0.15, 0.2) is 0 Å². The third kappa shape index (κ3) is 3.72. The number of non-ortho nitro benzene ring substituents is 1. The molecule has 0 spiro atoms.